The largest absolute Gasteiger partial charge is 0.497 e. The highest BCUT2D eigenvalue weighted by atomic mass is 19.4. The highest BCUT2D eigenvalue weighted by molar-refractivity contribution is 5.87. The Morgan fingerprint density at radius 1 is 1.03 bits per heavy atom. The number of alkyl halides is 3. The number of hydrogen-bond donors (Lipinski definition) is 1. The van der Waals surface area contributed by atoms with Gasteiger partial charge in [-0.3, -0.25) is 5.32 Å². The van der Waals surface area contributed by atoms with Crippen LogP contribution in [0.2, 0.25) is 0 Å². The van der Waals surface area contributed by atoms with Gasteiger partial charge in [-0.1, -0.05) is 30.3 Å². The molecule has 1 amide bonds. The molecule has 0 spiro atoms. The Bertz CT molecular complexity index is 1120. The number of methoxy groups -OCH3 is 1. The highest BCUT2D eigenvalue weighted by Crippen LogP contribution is 2.35. The van der Waals surface area contributed by atoms with Crippen LogP contribution < -0.4 is 19.7 Å². The molecule has 4 rings (SSSR count). The number of anilines is 2. The number of rotatable bonds is 5. The van der Waals surface area contributed by atoms with E-state index in [1.165, 1.54) is 18.7 Å². The molecular formula is C24H21F3N2O3. The zero-order valence-electron chi connectivity index (χ0n) is 17.3. The van der Waals surface area contributed by atoms with Gasteiger partial charge < -0.3 is 14.4 Å². The van der Waals surface area contributed by atoms with Crippen molar-refractivity contribution in [2.24, 2.45) is 0 Å². The number of carbonyl (C=O) groups excluding carboxylic acids is 1. The molecule has 0 fully saturated rings. The summed E-state index contributed by atoms with van der Waals surface area (Å²) in [5.74, 6) is 0.299. The van der Waals surface area contributed by atoms with E-state index in [0.29, 0.717) is 5.75 Å². The van der Waals surface area contributed by atoms with Crippen LogP contribution in [0.15, 0.2) is 66.7 Å². The maximum Gasteiger partial charge on any atom is 0.417 e. The predicted octanol–water partition coefficient (Wildman–Crippen LogP) is 5.89. The van der Waals surface area contributed by atoms with Gasteiger partial charge in [-0.15, -0.1) is 0 Å². The fourth-order valence-corrected chi connectivity index (χ4v) is 3.68. The standard InChI is InChI=1S/C24H21F3N2O3/c1-31-21-13-18(24(25,26)27)12-19(14-21)28-23(30)32-20-7-8-22-17(11-20)9-10-29(22)15-16-5-3-2-4-6-16/h2-8,11-14H,9-10,15H2,1H3,(H,28,30). The second-order valence-electron chi connectivity index (χ2n) is 7.41. The fraction of sp³-hybridized carbons (Fsp3) is 0.208. The number of hydrogen-bond acceptors (Lipinski definition) is 4. The van der Waals surface area contributed by atoms with Gasteiger partial charge in [-0.05, 0) is 47.9 Å². The molecule has 166 valence electrons. The summed E-state index contributed by atoms with van der Waals surface area (Å²) in [6, 6.07) is 18.5. The number of fused-ring (bicyclic) bond motifs is 1. The van der Waals surface area contributed by atoms with E-state index in [-0.39, 0.29) is 11.4 Å². The fourth-order valence-electron chi connectivity index (χ4n) is 3.68. The van der Waals surface area contributed by atoms with E-state index in [4.69, 9.17) is 9.47 Å². The Labute approximate surface area is 183 Å². The Balaban J connectivity index is 1.44. The first-order valence-electron chi connectivity index (χ1n) is 9.99. The predicted molar refractivity (Wildman–Crippen MR) is 115 cm³/mol. The van der Waals surface area contributed by atoms with Gasteiger partial charge in [-0.2, -0.15) is 13.2 Å². The third-order valence-corrected chi connectivity index (χ3v) is 5.19. The van der Waals surface area contributed by atoms with E-state index in [2.05, 4.69) is 22.3 Å². The summed E-state index contributed by atoms with van der Waals surface area (Å²) < 4.78 is 49.4. The summed E-state index contributed by atoms with van der Waals surface area (Å²) in [6.07, 6.45) is -4.64. The van der Waals surface area contributed by atoms with Crippen molar-refractivity contribution in [2.75, 3.05) is 23.9 Å². The van der Waals surface area contributed by atoms with E-state index in [1.807, 2.05) is 24.3 Å². The Morgan fingerprint density at radius 3 is 2.53 bits per heavy atom. The summed E-state index contributed by atoms with van der Waals surface area (Å²) >= 11 is 0. The normalized spacial score (nSPS) is 12.9. The van der Waals surface area contributed by atoms with Crippen molar-refractivity contribution in [2.45, 2.75) is 19.1 Å². The number of carbonyl (C=O) groups is 1. The van der Waals surface area contributed by atoms with Crippen LogP contribution in [0.1, 0.15) is 16.7 Å². The molecule has 0 aliphatic carbocycles. The number of amides is 1. The van der Waals surface area contributed by atoms with Crippen molar-refractivity contribution in [1.82, 2.24) is 0 Å². The molecule has 3 aromatic carbocycles. The SMILES string of the molecule is COc1cc(NC(=O)Oc2ccc3c(c2)CCN3Cc2ccccc2)cc(C(F)(F)F)c1. The minimum atomic E-state index is -4.57. The second-order valence-corrected chi connectivity index (χ2v) is 7.41. The van der Waals surface area contributed by atoms with E-state index in [0.717, 1.165) is 42.9 Å². The molecule has 0 unspecified atom stereocenters. The van der Waals surface area contributed by atoms with Crippen LogP contribution in [-0.4, -0.2) is 19.7 Å². The molecule has 0 radical (unpaired) electrons. The lowest BCUT2D eigenvalue weighted by Crippen LogP contribution is -2.19. The Kier molecular flexibility index (Phi) is 5.94. The first kappa shape index (κ1) is 21.5. The first-order chi connectivity index (χ1) is 15.3. The van der Waals surface area contributed by atoms with Crippen LogP contribution in [-0.2, 0) is 19.1 Å². The summed E-state index contributed by atoms with van der Waals surface area (Å²) in [4.78, 5) is 14.5. The minimum absolute atomic E-state index is 0.0221. The van der Waals surface area contributed by atoms with Gasteiger partial charge in [0.1, 0.15) is 11.5 Å². The van der Waals surface area contributed by atoms with Crippen LogP contribution in [0.4, 0.5) is 29.3 Å². The summed E-state index contributed by atoms with van der Waals surface area (Å²) in [7, 11) is 1.25. The van der Waals surface area contributed by atoms with E-state index in [1.54, 1.807) is 12.1 Å². The van der Waals surface area contributed by atoms with E-state index >= 15 is 0 Å². The first-order valence-corrected chi connectivity index (χ1v) is 9.99. The molecule has 1 aliphatic rings. The van der Waals surface area contributed by atoms with Crippen molar-refractivity contribution in [1.29, 1.82) is 0 Å². The van der Waals surface area contributed by atoms with E-state index in [9.17, 15) is 18.0 Å². The molecule has 0 bridgehead atoms. The van der Waals surface area contributed by atoms with Gasteiger partial charge in [0.25, 0.3) is 0 Å². The monoisotopic (exact) mass is 442 g/mol. The zero-order valence-corrected chi connectivity index (χ0v) is 17.3. The van der Waals surface area contributed by atoms with Crippen LogP contribution in [0.25, 0.3) is 0 Å². The number of halogens is 3. The summed E-state index contributed by atoms with van der Waals surface area (Å²) in [6.45, 7) is 1.63. The Morgan fingerprint density at radius 2 is 1.81 bits per heavy atom. The molecule has 0 saturated carbocycles. The van der Waals surface area contributed by atoms with Gasteiger partial charge in [0.05, 0.1) is 12.7 Å². The topological polar surface area (TPSA) is 50.8 Å². The van der Waals surface area contributed by atoms with Gasteiger partial charge in [-0.25, -0.2) is 4.79 Å². The van der Waals surface area contributed by atoms with Crippen LogP contribution in [0.5, 0.6) is 11.5 Å². The zero-order chi connectivity index (χ0) is 22.7. The minimum Gasteiger partial charge on any atom is -0.497 e. The highest BCUT2D eigenvalue weighted by Gasteiger charge is 2.31. The number of benzene rings is 3. The third kappa shape index (κ3) is 4.96. The number of nitrogens with zero attached hydrogens (tertiary/aromatic N) is 1. The summed E-state index contributed by atoms with van der Waals surface area (Å²) in [5, 5.41) is 2.34. The van der Waals surface area contributed by atoms with Gasteiger partial charge in [0.2, 0.25) is 0 Å². The van der Waals surface area contributed by atoms with Crippen molar-refractivity contribution >= 4 is 17.5 Å². The maximum absolute atomic E-state index is 13.1. The van der Waals surface area contributed by atoms with E-state index < -0.39 is 17.8 Å². The van der Waals surface area contributed by atoms with Gasteiger partial charge in [0.15, 0.2) is 0 Å². The van der Waals surface area contributed by atoms with Crippen molar-refractivity contribution in [3.8, 4) is 11.5 Å². The summed E-state index contributed by atoms with van der Waals surface area (Å²) in [5.41, 5.74) is 2.33. The molecule has 0 saturated heterocycles. The van der Waals surface area contributed by atoms with Gasteiger partial charge >= 0.3 is 12.3 Å². The molecule has 3 aromatic rings. The average Bonchev–Trinajstić information content (AvgIpc) is 3.15. The lowest BCUT2D eigenvalue weighted by molar-refractivity contribution is -0.137. The molecular weight excluding hydrogens is 421 g/mol. The third-order valence-electron chi connectivity index (χ3n) is 5.19. The quantitative estimate of drug-likeness (QED) is 0.536. The van der Waals surface area contributed by atoms with Crippen LogP contribution in [0, 0.1) is 0 Å². The molecule has 0 atom stereocenters. The molecule has 8 heteroatoms. The van der Waals surface area contributed by atoms with Gasteiger partial charge in [0, 0.05) is 30.5 Å². The molecule has 1 aliphatic heterocycles. The number of ether oxygens (including phenoxy) is 2. The Hall–Kier alpha value is -3.68. The average molecular weight is 442 g/mol. The van der Waals surface area contributed by atoms with Crippen molar-refractivity contribution < 1.29 is 27.4 Å². The van der Waals surface area contributed by atoms with Crippen molar-refractivity contribution in [3.05, 3.63) is 83.4 Å². The molecule has 32 heavy (non-hydrogen) atoms. The molecule has 1 N–H and O–H groups in total. The van der Waals surface area contributed by atoms with Crippen molar-refractivity contribution in [3.63, 3.8) is 0 Å². The van der Waals surface area contributed by atoms with Crippen LogP contribution in [0.3, 0.4) is 0 Å². The lowest BCUT2D eigenvalue weighted by atomic mass is 10.1. The smallest absolute Gasteiger partial charge is 0.417 e. The number of nitrogens with one attached hydrogen (secondary N) is 1. The maximum atomic E-state index is 13.1. The lowest BCUT2D eigenvalue weighted by Gasteiger charge is -2.19. The van der Waals surface area contributed by atoms with Crippen LogP contribution >= 0.6 is 0 Å². The second kappa shape index (κ2) is 8.82. The molecule has 1 heterocycles. The molecule has 5 nitrogen and oxygen atoms in total. The molecule has 0 aromatic heterocycles.